The second-order valence-corrected chi connectivity index (χ2v) is 14.6. The standard InChI is InChI=1S/C42H39F2N7O5/c1-54-40(52)28-16-15-27(26-11-8-18-45-36(26)28)37-38-39(51(49-37)34-14-5-6-20-55-34)48-33(21-46-38)50-19-17-29-31(22-50)42(29,30-12-7-13-32(43)35(30)44)24-47-41(53)56-23-25-9-3-2-4-10-25/h2-4,7-13,15-16,18,21,29,31,34H,5-6,14,17,19-20,22-24H2,1H3,(H,47,53)/t29-,31+,34?,42-/m1/s1. The van der Waals surface area contributed by atoms with E-state index in [9.17, 15) is 14.0 Å². The SMILES string of the molecule is COC(=O)c1ccc(-c2nn(C3CCCCO3)c3nc(N4CC[C@@H]5[C@H](C4)[C@@]5(CNC(=O)OCc4ccccc4)c4cccc(F)c4F)cnc23)c2cccnc12. The van der Waals surface area contributed by atoms with E-state index in [0.29, 0.717) is 65.3 Å². The number of carbonyl (C=O) groups is 2. The average Bonchev–Trinajstić information content (AvgIpc) is 3.73. The number of esters is 1. The first-order valence-electron chi connectivity index (χ1n) is 18.8. The van der Waals surface area contributed by atoms with E-state index in [1.54, 1.807) is 35.3 Å². The van der Waals surface area contributed by atoms with E-state index in [-0.39, 0.29) is 36.8 Å². The fourth-order valence-electron chi connectivity index (χ4n) is 8.80. The molecule has 9 rings (SSSR count). The van der Waals surface area contributed by atoms with Crippen LogP contribution in [0.5, 0.6) is 0 Å². The molecule has 4 atom stereocenters. The van der Waals surface area contributed by atoms with Crippen LogP contribution in [0.4, 0.5) is 19.4 Å². The van der Waals surface area contributed by atoms with Crippen molar-refractivity contribution in [2.45, 2.75) is 43.9 Å². The average molecular weight is 760 g/mol. The maximum atomic E-state index is 15.6. The molecule has 1 unspecified atom stereocenters. The summed E-state index contributed by atoms with van der Waals surface area (Å²) in [6, 6.07) is 20.8. The minimum absolute atomic E-state index is 0.0104. The van der Waals surface area contributed by atoms with E-state index < -0.39 is 29.1 Å². The zero-order chi connectivity index (χ0) is 38.4. The maximum Gasteiger partial charge on any atom is 0.407 e. The normalized spacial score (nSPS) is 21.8. The molecule has 1 saturated carbocycles. The lowest BCUT2D eigenvalue weighted by Gasteiger charge is -2.27. The van der Waals surface area contributed by atoms with Crippen LogP contribution < -0.4 is 10.2 Å². The number of halogens is 2. The molecule has 14 heteroatoms. The number of nitrogens with one attached hydrogen (secondary N) is 1. The third-order valence-electron chi connectivity index (χ3n) is 11.6. The van der Waals surface area contributed by atoms with Gasteiger partial charge in [0.25, 0.3) is 0 Å². The Morgan fingerprint density at radius 2 is 1.84 bits per heavy atom. The van der Waals surface area contributed by atoms with Crippen LogP contribution >= 0.6 is 0 Å². The molecule has 2 saturated heterocycles. The van der Waals surface area contributed by atoms with Gasteiger partial charge in [0.2, 0.25) is 0 Å². The highest BCUT2D eigenvalue weighted by molar-refractivity contribution is 6.09. The van der Waals surface area contributed by atoms with Crippen molar-refractivity contribution in [2.75, 3.05) is 38.3 Å². The second kappa shape index (κ2) is 14.6. The summed E-state index contributed by atoms with van der Waals surface area (Å²) in [4.78, 5) is 42.3. The number of fused-ring (bicyclic) bond motifs is 3. The van der Waals surface area contributed by atoms with Crippen LogP contribution in [0.15, 0.2) is 85.2 Å². The van der Waals surface area contributed by atoms with Crippen molar-refractivity contribution in [3.8, 4) is 11.3 Å². The molecule has 286 valence electrons. The number of rotatable bonds is 9. The fraction of sp³-hybridized carbons (Fsp3) is 0.333. The third-order valence-corrected chi connectivity index (χ3v) is 11.6. The highest BCUT2D eigenvalue weighted by atomic mass is 19.2. The Balaban J connectivity index is 1.04. The molecule has 0 bridgehead atoms. The first-order valence-corrected chi connectivity index (χ1v) is 18.8. The van der Waals surface area contributed by atoms with Crippen LogP contribution in [0.1, 0.15) is 53.4 Å². The van der Waals surface area contributed by atoms with E-state index in [1.807, 2.05) is 42.5 Å². The van der Waals surface area contributed by atoms with Crippen LogP contribution in [0, 0.1) is 23.5 Å². The van der Waals surface area contributed by atoms with Crippen molar-refractivity contribution < 1.29 is 32.6 Å². The van der Waals surface area contributed by atoms with Crippen LogP contribution in [0.2, 0.25) is 0 Å². The molecule has 0 spiro atoms. The van der Waals surface area contributed by atoms with Crippen LogP contribution in [0.25, 0.3) is 33.3 Å². The Bertz CT molecular complexity index is 2460. The number of hydrogen-bond donors (Lipinski definition) is 1. The van der Waals surface area contributed by atoms with Crippen molar-refractivity contribution >= 4 is 39.9 Å². The van der Waals surface area contributed by atoms with Gasteiger partial charge in [-0.1, -0.05) is 54.6 Å². The van der Waals surface area contributed by atoms with Gasteiger partial charge in [-0.25, -0.2) is 33.0 Å². The van der Waals surface area contributed by atoms with Crippen LogP contribution in [-0.4, -0.2) is 70.1 Å². The lowest BCUT2D eigenvalue weighted by Crippen LogP contribution is -2.36. The Morgan fingerprint density at radius 3 is 2.66 bits per heavy atom. The van der Waals surface area contributed by atoms with Gasteiger partial charge in [-0.05, 0) is 66.8 Å². The summed E-state index contributed by atoms with van der Waals surface area (Å²) in [7, 11) is 1.34. The summed E-state index contributed by atoms with van der Waals surface area (Å²) >= 11 is 0. The summed E-state index contributed by atoms with van der Waals surface area (Å²) in [6.45, 7) is 1.84. The number of anilines is 1. The minimum atomic E-state index is -0.928. The predicted octanol–water partition coefficient (Wildman–Crippen LogP) is 7.13. The fourth-order valence-corrected chi connectivity index (χ4v) is 8.80. The Morgan fingerprint density at radius 1 is 0.964 bits per heavy atom. The van der Waals surface area contributed by atoms with Crippen molar-refractivity contribution in [2.24, 2.45) is 11.8 Å². The lowest BCUT2D eigenvalue weighted by atomic mass is 9.90. The highest BCUT2D eigenvalue weighted by Gasteiger charge is 2.67. The van der Waals surface area contributed by atoms with Gasteiger partial charge in [-0.2, -0.15) is 5.10 Å². The Kier molecular flexibility index (Phi) is 9.28. The van der Waals surface area contributed by atoms with Crippen molar-refractivity contribution in [3.05, 3.63) is 114 Å². The molecule has 3 aromatic carbocycles. The van der Waals surface area contributed by atoms with Crippen molar-refractivity contribution in [1.82, 2.24) is 30.0 Å². The second-order valence-electron chi connectivity index (χ2n) is 14.6. The molecule has 6 aromatic rings. The predicted molar refractivity (Wildman–Crippen MR) is 203 cm³/mol. The van der Waals surface area contributed by atoms with Crippen LogP contribution in [0.3, 0.4) is 0 Å². The van der Waals surface area contributed by atoms with Crippen molar-refractivity contribution in [1.29, 1.82) is 0 Å². The van der Waals surface area contributed by atoms with Gasteiger partial charge in [0.05, 0.1) is 24.4 Å². The molecule has 0 radical (unpaired) electrons. The van der Waals surface area contributed by atoms with Gasteiger partial charge in [0.1, 0.15) is 23.6 Å². The maximum absolute atomic E-state index is 15.6. The molecular formula is C42H39F2N7O5. The first kappa shape index (κ1) is 35.7. The van der Waals surface area contributed by atoms with Gasteiger partial charge >= 0.3 is 12.1 Å². The van der Waals surface area contributed by atoms with Crippen LogP contribution in [-0.2, 0) is 26.2 Å². The summed E-state index contributed by atoms with van der Waals surface area (Å²) in [5.41, 5.74) is 3.49. The molecule has 1 aliphatic carbocycles. The number of ether oxygens (including phenoxy) is 3. The number of carbonyl (C=O) groups excluding carboxylic acids is 2. The van der Waals surface area contributed by atoms with Gasteiger partial charge in [-0.3, -0.25) is 4.98 Å². The molecule has 5 heterocycles. The molecule has 3 aromatic heterocycles. The van der Waals surface area contributed by atoms with Gasteiger partial charge in [0, 0.05) is 48.8 Å². The van der Waals surface area contributed by atoms with E-state index in [4.69, 9.17) is 29.3 Å². The number of alkyl carbamates (subject to hydrolysis) is 1. The van der Waals surface area contributed by atoms with Gasteiger partial charge in [-0.15, -0.1) is 0 Å². The molecular weight excluding hydrogens is 721 g/mol. The van der Waals surface area contributed by atoms with E-state index in [1.165, 1.54) is 13.2 Å². The van der Waals surface area contributed by atoms with E-state index in [0.717, 1.165) is 36.5 Å². The number of amides is 1. The number of hydrogen-bond acceptors (Lipinski definition) is 10. The number of methoxy groups -OCH3 is 1. The number of aromatic nitrogens is 5. The summed E-state index contributed by atoms with van der Waals surface area (Å²) in [5.74, 6) is -1.83. The molecule has 1 N–H and O–H groups in total. The smallest absolute Gasteiger partial charge is 0.407 e. The molecule has 3 fully saturated rings. The lowest BCUT2D eigenvalue weighted by molar-refractivity contribution is -0.0368. The van der Waals surface area contributed by atoms with Gasteiger partial charge in [0.15, 0.2) is 23.5 Å². The number of pyridine rings is 1. The zero-order valence-electron chi connectivity index (χ0n) is 30.7. The third kappa shape index (κ3) is 6.17. The van der Waals surface area contributed by atoms with Gasteiger partial charge < -0.3 is 24.4 Å². The van der Waals surface area contributed by atoms with E-state index >= 15 is 4.39 Å². The summed E-state index contributed by atoms with van der Waals surface area (Å²) in [6.07, 6.45) is 5.70. The monoisotopic (exact) mass is 759 g/mol. The summed E-state index contributed by atoms with van der Waals surface area (Å²) < 4.78 is 48.8. The Hall–Kier alpha value is -6.02. The van der Waals surface area contributed by atoms with Crippen molar-refractivity contribution in [3.63, 3.8) is 0 Å². The molecule has 12 nitrogen and oxygen atoms in total. The van der Waals surface area contributed by atoms with E-state index in [2.05, 4.69) is 15.2 Å². The topological polar surface area (TPSA) is 134 Å². The summed E-state index contributed by atoms with van der Waals surface area (Å²) in [5, 5.41) is 8.65. The molecule has 3 aliphatic rings. The molecule has 56 heavy (non-hydrogen) atoms. The first-order chi connectivity index (χ1) is 27.4. The highest BCUT2D eigenvalue weighted by Crippen LogP contribution is 2.64. The number of nitrogens with zero attached hydrogens (tertiary/aromatic N) is 6. The Labute approximate surface area is 320 Å². The number of benzene rings is 3. The molecule has 2 aliphatic heterocycles. The molecule has 1 amide bonds. The zero-order valence-corrected chi connectivity index (χ0v) is 30.7. The minimum Gasteiger partial charge on any atom is -0.465 e. The quantitative estimate of drug-likeness (QED) is 0.152. The number of piperidine rings is 1. The largest absolute Gasteiger partial charge is 0.465 e.